The Morgan fingerprint density at radius 2 is 0.864 bits per heavy atom. The van der Waals surface area contributed by atoms with Crippen LogP contribution in [0, 0.1) is 5.41 Å². The van der Waals surface area contributed by atoms with E-state index in [1.54, 1.807) is 0 Å². The van der Waals surface area contributed by atoms with Crippen LogP contribution in [-0.4, -0.2) is 5.84 Å². The molecule has 0 bridgehead atoms. The molecule has 0 aliphatic carbocycles. The molecule has 2 heteroatoms. The normalized spacial score (nSPS) is 11.1. The van der Waals surface area contributed by atoms with Gasteiger partial charge in [0.15, 0.2) is 0 Å². The number of amidine groups is 1. The lowest BCUT2D eigenvalue weighted by molar-refractivity contribution is 0.811. The van der Waals surface area contributed by atoms with Crippen LogP contribution in [-0.2, 0) is 5.41 Å². The summed E-state index contributed by atoms with van der Waals surface area (Å²) in [6.45, 7) is 0. The van der Waals surface area contributed by atoms with Gasteiger partial charge in [0.1, 0.15) is 11.3 Å². The molecule has 2 nitrogen and oxygen atoms in total. The summed E-state index contributed by atoms with van der Waals surface area (Å²) in [4.78, 5) is 0. The largest absolute Gasteiger partial charge is 0.386 e. The van der Waals surface area contributed by atoms with Crippen LogP contribution in [0.4, 0.5) is 0 Å². The summed E-state index contributed by atoms with van der Waals surface area (Å²) < 4.78 is 0. The van der Waals surface area contributed by atoms with Crippen molar-refractivity contribution in [1.82, 2.24) is 0 Å². The van der Waals surface area contributed by atoms with Gasteiger partial charge in [-0.2, -0.15) is 0 Å². The minimum absolute atomic E-state index is 0.121. The standard InChI is InChI=1S/C20H18N2/c21-19(22)20(16-10-4-1-5-11-16,17-12-6-2-7-13-17)18-14-8-3-9-15-18/h1-15H,(H3,21,22). The smallest absolute Gasteiger partial charge is 0.111 e. The highest BCUT2D eigenvalue weighted by Crippen LogP contribution is 2.38. The predicted octanol–water partition coefficient (Wildman–Crippen LogP) is 3.96. The van der Waals surface area contributed by atoms with Crippen LogP contribution in [0.5, 0.6) is 0 Å². The van der Waals surface area contributed by atoms with E-state index >= 15 is 0 Å². The molecule has 0 unspecified atom stereocenters. The number of nitrogens with two attached hydrogens (primary N) is 1. The fraction of sp³-hybridized carbons (Fsp3) is 0.0500. The third kappa shape index (κ3) is 2.19. The Balaban J connectivity index is 2.37. The molecule has 0 saturated heterocycles. The Kier molecular flexibility index (Phi) is 3.75. The van der Waals surface area contributed by atoms with E-state index in [-0.39, 0.29) is 5.84 Å². The number of rotatable bonds is 4. The van der Waals surface area contributed by atoms with Crippen LogP contribution in [0.15, 0.2) is 91.0 Å². The van der Waals surface area contributed by atoms with Gasteiger partial charge in [-0.25, -0.2) is 0 Å². The quantitative estimate of drug-likeness (QED) is 0.426. The molecule has 3 N–H and O–H groups in total. The van der Waals surface area contributed by atoms with Gasteiger partial charge in [-0.1, -0.05) is 91.0 Å². The first-order chi connectivity index (χ1) is 10.8. The minimum atomic E-state index is -0.760. The van der Waals surface area contributed by atoms with Gasteiger partial charge in [0.25, 0.3) is 0 Å². The van der Waals surface area contributed by atoms with E-state index in [0.29, 0.717) is 0 Å². The van der Waals surface area contributed by atoms with Crippen molar-refractivity contribution in [1.29, 1.82) is 5.41 Å². The maximum atomic E-state index is 8.39. The Morgan fingerprint density at radius 1 is 0.591 bits per heavy atom. The molecule has 3 rings (SSSR count). The molecule has 0 amide bonds. The van der Waals surface area contributed by atoms with Gasteiger partial charge < -0.3 is 5.73 Å². The molecule has 0 atom stereocenters. The summed E-state index contributed by atoms with van der Waals surface area (Å²) in [6.07, 6.45) is 0. The maximum absolute atomic E-state index is 8.39. The zero-order chi connectivity index (χ0) is 15.4. The number of nitrogens with one attached hydrogen (secondary N) is 1. The molecular formula is C20H18N2. The van der Waals surface area contributed by atoms with Crippen molar-refractivity contribution in [2.45, 2.75) is 5.41 Å². The summed E-state index contributed by atoms with van der Waals surface area (Å²) in [5.41, 5.74) is 8.39. The number of hydrogen-bond donors (Lipinski definition) is 2. The lowest BCUT2D eigenvalue weighted by atomic mass is 9.68. The van der Waals surface area contributed by atoms with E-state index in [0.717, 1.165) is 16.7 Å². The highest BCUT2D eigenvalue weighted by atomic mass is 14.8. The van der Waals surface area contributed by atoms with Gasteiger partial charge >= 0.3 is 0 Å². The van der Waals surface area contributed by atoms with Crippen molar-refractivity contribution in [3.63, 3.8) is 0 Å². The molecule has 0 fully saturated rings. The molecule has 0 radical (unpaired) electrons. The molecule has 0 aliphatic rings. The monoisotopic (exact) mass is 286 g/mol. The highest BCUT2D eigenvalue weighted by Gasteiger charge is 2.39. The summed E-state index contributed by atoms with van der Waals surface area (Å²) >= 11 is 0. The van der Waals surface area contributed by atoms with Gasteiger partial charge in [-0.3, -0.25) is 5.41 Å². The maximum Gasteiger partial charge on any atom is 0.111 e. The first kappa shape index (κ1) is 14.1. The SMILES string of the molecule is N=C(N)C(c1ccccc1)(c1ccccc1)c1ccccc1. The molecule has 3 aromatic carbocycles. The average molecular weight is 286 g/mol. The number of benzene rings is 3. The van der Waals surface area contributed by atoms with Gasteiger partial charge in [0.2, 0.25) is 0 Å². The van der Waals surface area contributed by atoms with Gasteiger partial charge in [0, 0.05) is 0 Å². The van der Waals surface area contributed by atoms with Crippen molar-refractivity contribution >= 4 is 5.84 Å². The molecule has 3 aromatic rings. The van der Waals surface area contributed by atoms with E-state index in [4.69, 9.17) is 11.1 Å². The second kappa shape index (κ2) is 5.86. The van der Waals surface area contributed by atoms with Crippen molar-refractivity contribution in [3.8, 4) is 0 Å². The molecule has 0 spiro atoms. The molecule has 0 aromatic heterocycles. The average Bonchev–Trinajstić information content (AvgIpc) is 2.58. The zero-order valence-electron chi connectivity index (χ0n) is 12.2. The fourth-order valence-corrected chi connectivity index (χ4v) is 3.03. The van der Waals surface area contributed by atoms with Crippen molar-refractivity contribution in [3.05, 3.63) is 108 Å². The van der Waals surface area contributed by atoms with Crippen LogP contribution in [0.3, 0.4) is 0 Å². The fourth-order valence-electron chi connectivity index (χ4n) is 3.03. The van der Waals surface area contributed by atoms with E-state index in [2.05, 4.69) is 0 Å². The lowest BCUT2D eigenvalue weighted by Crippen LogP contribution is -2.42. The third-order valence-corrected chi connectivity index (χ3v) is 4.02. The highest BCUT2D eigenvalue weighted by molar-refractivity contribution is 5.96. The summed E-state index contributed by atoms with van der Waals surface area (Å²) in [5.74, 6) is 0.121. The van der Waals surface area contributed by atoms with E-state index in [1.807, 2.05) is 91.0 Å². The Labute approximate surface area is 130 Å². The van der Waals surface area contributed by atoms with Crippen molar-refractivity contribution in [2.24, 2.45) is 5.73 Å². The molecule has 108 valence electrons. The van der Waals surface area contributed by atoms with Crippen LogP contribution >= 0.6 is 0 Å². The summed E-state index contributed by atoms with van der Waals surface area (Å²) in [7, 11) is 0. The van der Waals surface area contributed by atoms with Crippen molar-refractivity contribution < 1.29 is 0 Å². The predicted molar refractivity (Wildman–Crippen MR) is 91.1 cm³/mol. The summed E-state index contributed by atoms with van der Waals surface area (Å²) in [5, 5.41) is 8.39. The molecule has 22 heavy (non-hydrogen) atoms. The second-order valence-electron chi connectivity index (χ2n) is 5.26. The molecular weight excluding hydrogens is 268 g/mol. The van der Waals surface area contributed by atoms with E-state index in [9.17, 15) is 0 Å². The Morgan fingerprint density at radius 3 is 1.09 bits per heavy atom. The molecule has 0 aliphatic heterocycles. The minimum Gasteiger partial charge on any atom is -0.386 e. The zero-order valence-corrected chi connectivity index (χ0v) is 12.2. The third-order valence-electron chi connectivity index (χ3n) is 4.02. The Bertz CT molecular complexity index is 653. The van der Waals surface area contributed by atoms with Crippen LogP contribution < -0.4 is 5.73 Å². The Hall–Kier alpha value is -2.87. The second-order valence-corrected chi connectivity index (χ2v) is 5.26. The topological polar surface area (TPSA) is 49.9 Å². The first-order valence-corrected chi connectivity index (χ1v) is 7.27. The van der Waals surface area contributed by atoms with Crippen LogP contribution in [0.1, 0.15) is 16.7 Å². The summed E-state index contributed by atoms with van der Waals surface area (Å²) in [6, 6.07) is 30.0. The number of hydrogen-bond acceptors (Lipinski definition) is 1. The van der Waals surface area contributed by atoms with Gasteiger partial charge in [0.05, 0.1) is 0 Å². The van der Waals surface area contributed by atoms with Crippen molar-refractivity contribution in [2.75, 3.05) is 0 Å². The van der Waals surface area contributed by atoms with Gasteiger partial charge in [-0.15, -0.1) is 0 Å². The first-order valence-electron chi connectivity index (χ1n) is 7.27. The van der Waals surface area contributed by atoms with Crippen LogP contribution in [0.2, 0.25) is 0 Å². The van der Waals surface area contributed by atoms with E-state index < -0.39 is 5.41 Å². The molecule has 0 saturated carbocycles. The van der Waals surface area contributed by atoms with Gasteiger partial charge in [-0.05, 0) is 16.7 Å². The lowest BCUT2D eigenvalue weighted by Gasteiger charge is -2.34. The molecule has 0 heterocycles. The van der Waals surface area contributed by atoms with E-state index in [1.165, 1.54) is 0 Å². The van der Waals surface area contributed by atoms with Crippen LogP contribution in [0.25, 0.3) is 0 Å².